The number of aromatic carboxylic acids is 1. The van der Waals surface area contributed by atoms with Gasteiger partial charge in [-0.3, -0.25) is 4.79 Å². The minimum Gasteiger partial charge on any atom is -0.478 e. The topological polar surface area (TPSA) is 57.6 Å². The van der Waals surface area contributed by atoms with Crippen LogP contribution in [-0.4, -0.2) is 29.9 Å². The van der Waals surface area contributed by atoms with Gasteiger partial charge in [0.2, 0.25) is 0 Å². The van der Waals surface area contributed by atoms with Crippen LogP contribution < -0.4 is 4.90 Å². The highest BCUT2D eigenvalue weighted by molar-refractivity contribution is 5.97. The molecule has 0 unspecified atom stereocenters. The van der Waals surface area contributed by atoms with Crippen LogP contribution in [0.5, 0.6) is 0 Å². The van der Waals surface area contributed by atoms with Crippen molar-refractivity contribution < 1.29 is 27.9 Å². The van der Waals surface area contributed by atoms with Crippen molar-refractivity contribution in [1.82, 2.24) is 0 Å². The molecule has 6 rings (SSSR count). The number of halogens is 3. The van der Waals surface area contributed by atoms with Crippen molar-refractivity contribution in [2.24, 2.45) is 5.92 Å². The van der Waals surface area contributed by atoms with Gasteiger partial charge in [-0.15, -0.1) is 0 Å². The van der Waals surface area contributed by atoms with Gasteiger partial charge in [-0.05, 0) is 113 Å². The maximum atomic E-state index is 13.8. The minimum absolute atomic E-state index is 0.0418. The highest BCUT2D eigenvalue weighted by Gasteiger charge is 2.30. The molecule has 0 spiro atoms. The number of piperidine rings is 1. The molecular weight excluding hydrogens is 672 g/mol. The average molecular weight is 718 g/mol. The zero-order chi connectivity index (χ0) is 37.9. The van der Waals surface area contributed by atoms with Crippen molar-refractivity contribution in [3.8, 4) is 22.3 Å². The van der Waals surface area contributed by atoms with Crippen molar-refractivity contribution in [2.75, 3.05) is 18.0 Å². The second-order valence-electron chi connectivity index (χ2n) is 15.3. The summed E-state index contributed by atoms with van der Waals surface area (Å²) in [4.78, 5) is 28.8. The molecule has 0 atom stereocenters. The van der Waals surface area contributed by atoms with E-state index < -0.39 is 17.7 Å². The lowest BCUT2D eigenvalue weighted by Gasteiger charge is -2.33. The number of hydrogen-bond donors (Lipinski definition) is 1. The van der Waals surface area contributed by atoms with Crippen LogP contribution in [0.15, 0.2) is 109 Å². The molecular formula is C46H46F3NO3. The number of benzene rings is 5. The molecule has 0 radical (unpaired) electrons. The molecule has 0 aromatic heterocycles. The zero-order valence-electron chi connectivity index (χ0n) is 30.8. The molecule has 1 aliphatic rings. The number of ketones is 1. The quantitative estimate of drug-likeness (QED) is 0.156. The fraction of sp³-hybridized carbons (Fsp3) is 0.304. The number of alkyl halides is 3. The first-order valence-corrected chi connectivity index (χ1v) is 18.3. The van der Waals surface area contributed by atoms with E-state index in [1.165, 1.54) is 17.7 Å². The van der Waals surface area contributed by atoms with E-state index in [9.17, 15) is 27.9 Å². The molecule has 1 fully saturated rings. The summed E-state index contributed by atoms with van der Waals surface area (Å²) in [6.07, 6.45) is -1.91. The Morgan fingerprint density at radius 2 is 1.36 bits per heavy atom. The van der Waals surface area contributed by atoms with Crippen molar-refractivity contribution in [3.63, 3.8) is 0 Å². The van der Waals surface area contributed by atoms with Crippen LogP contribution in [-0.2, 0) is 35.6 Å². The largest absolute Gasteiger partial charge is 0.478 e. The van der Waals surface area contributed by atoms with E-state index in [1.807, 2.05) is 55.5 Å². The number of hydrogen-bond acceptors (Lipinski definition) is 3. The first-order valence-electron chi connectivity index (χ1n) is 18.3. The highest BCUT2D eigenvalue weighted by atomic mass is 19.4. The summed E-state index contributed by atoms with van der Waals surface area (Å²) in [5, 5.41) is 10.4. The van der Waals surface area contributed by atoms with Crippen LogP contribution in [0.1, 0.15) is 77.4 Å². The van der Waals surface area contributed by atoms with Crippen LogP contribution in [0, 0.1) is 12.8 Å². The molecule has 53 heavy (non-hydrogen) atoms. The van der Waals surface area contributed by atoms with Gasteiger partial charge in [0, 0.05) is 31.1 Å². The van der Waals surface area contributed by atoms with Crippen molar-refractivity contribution in [1.29, 1.82) is 0 Å². The summed E-state index contributed by atoms with van der Waals surface area (Å²) >= 11 is 0. The minimum atomic E-state index is -4.39. The highest BCUT2D eigenvalue weighted by Crippen LogP contribution is 2.37. The molecule has 1 heterocycles. The maximum Gasteiger partial charge on any atom is 0.416 e. The lowest BCUT2D eigenvalue weighted by molar-refractivity contribution is -0.137. The van der Waals surface area contributed by atoms with Gasteiger partial charge in [-0.25, -0.2) is 4.79 Å². The molecule has 1 saturated heterocycles. The molecule has 1 N–H and O–H groups in total. The normalized spacial score (nSPS) is 14.0. The Morgan fingerprint density at radius 1 is 0.717 bits per heavy atom. The Morgan fingerprint density at radius 3 is 1.98 bits per heavy atom. The van der Waals surface area contributed by atoms with Gasteiger partial charge in [-0.1, -0.05) is 105 Å². The van der Waals surface area contributed by atoms with Gasteiger partial charge in [0.15, 0.2) is 0 Å². The molecule has 274 valence electrons. The van der Waals surface area contributed by atoms with Crippen molar-refractivity contribution in [2.45, 2.75) is 71.4 Å². The fourth-order valence-electron chi connectivity index (χ4n) is 7.29. The molecule has 0 saturated carbocycles. The number of rotatable bonds is 10. The summed E-state index contributed by atoms with van der Waals surface area (Å²) in [6, 6.07) is 33.4. The van der Waals surface area contributed by atoms with Gasteiger partial charge in [-0.2, -0.15) is 13.2 Å². The summed E-state index contributed by atoms with van der Waals surface area (Å²) in [6.45, 7) is 10.1. The zero-order valence-corrected chi connectivity index (χ0v) is 30.8. The molecule has 7 heteroatoms. The third-order valence-electron chi connectivity index (χ3n) is 10.4. The first kappa shape index (κ1) is 37.6. The maximum absolute atomic E-state index is 13.8. The van der Waals surface area contributed by atoms with Gasteiger partial charge in [0.05, 0.1) is 11.1 Å². The molecule has 4 nitrogen and oxygen atoms in total. The number of nitrogens with zero attached hydrogens (tertiary/aromatic N) is 1. The monoisotopic (exact) mass is 717 g/mol. The molecule has 0 amide bonds. The average Bonchev–Trinajstić information content (AvgIpc) is 3.13. The van der Waals surface area contributed by atoms with E-state index in [0.29, 0.717) is 36.8 Å². The van der Waals surface area contributed by atoms with E-state index in [1.54, 1.807) is 12.1 Å². The SMILES string of the molecule is Cc1cccc(-c2cc(CC(=O)C3CCN(c4ccc(C(C)(C)C)cc4)CC3)c(C(=O)O)cc2-c2ccc(CCc3cccc(C(F)(F)F)c3)cc2)c1. The van der Waals surface area contributed by atoms with Crippen molar-refractivity contribution >= 4 is 17.4 Å². The van der Waals surface area contributed by atoms with E-state index in [2.05, 4.69) is 56.0 Å². The van der Waals surface area contributed by atoms with E-state index >= 15 is 0 Å². The van der Waals surface area contributed by atoms with E-state index in [-0.39, 0.29) is 29.1 Å². The second-order valence-corrected chi connectivity index (χ2v) is 15.3. The third-order valence-corrected chi connectivity index (χ3v) is 10.4. The predicted molar refractivity (Wildman–Crippen MR) is 207 cm³/mol. The Kier molecular flexibility index (Phi) is 10.9. The van der Waals surface area contributed by atoms with Crippen LogP contribution in [0.25, 0.3) is 22.3 Å². The van der Waals surface area contributed by atoms with E-state index in [0.717, 1.165) is 58.2 Å². The smallest absolute Gasteiger partial charge is 0.416 e. The standard InChI is InChI=1S/C46H46F3NO3/c1-30-7-5-9-35(25-30)40-27-36(28-43(51)34-21-23-50(24-22-34)39-19-17-37(18-20-39)45(2,3)4)42(44(52)53)29-41(40)33-15-13-31(14-16-33)11-12-32-8-6-10-38(26-32)46(47,48)49/h5-10,13-20,25-27,29,34H,11-12,21-24,28H2,1-4H3,(H,52,53). The van der Waals surface area contributed by atoms with Crippen LogP contribution in [0.4, 0.5) is 18.9 Å². The number of carbonyl (C=O) groups excluding carboxylic acids is 1. The lowest BCUT2D eigenvalue weighted by Crippen LogP contribution is -2.37. The molecule has 0 aliphatic carbocycles. The Balaban J connectivity index is 1.22. The number of anilines is 1. The van der Waals surface area contributed by atoms with Gasteiger partial charge in [0.25, 0.3) is 0 Å². The Hall–Kier alpha value is -5.17. The van der Waals surface area contributed by atoms with E-state index in [4.69, 9.17) is 0 Å². The first-order chi connectivity index (χ1) is 25.2. The van der Waals surface area contributed by atoms with Crippen molar-refractivity contribution in [3.05, 3.63) is 148 Å². The number of carboxylic acid groups (broad SMARTS) is 1. The van der Waals surface area contributed by atoms with Gasteiger partial charge >= 0.3 is 12.1 Å². The third kappa shape index (κ3) is 9.08. The lowest BCUT2D eigenvalue weighted by atomic mass is 9.84. The molecule has 1 aliphatic heterocycles. The Labute approximate surface area is 310 Å². The summed E-state index contributed by atoms with van der Waals surface area (Å²) in [7, 11) is 0. The number of carbonyl (C=O) groups is 2. The fourth-order valence-corrected chi connectivity index (χ4v) is 7.29. The van der Waals surface area contributed by atoms with Crippen LogP contribution in [0.2, 0.25) is 0 Å². The Bertz CT molecular complexity index is 2090. The van der Waals surface area contributed by atoms with Crippen LogP contribution in [0.3, 0.4) is 0 Å². The number of carboxylic acids is 1. The van der Waals surface area contributed by atoms with Gasteiger partial charge in [0.1, 0.15) is 5.78 Å². The number of aryl methyl sites for hydroxylation is 3. The predicted octanol–water partition coefficient (Wildman–Crippen LogP) is 11.2. The summed E-state index contributed by atoms with van der Waals surface area (Å²) in [5.74, 6) is -1.17. The molecule has 0 bridgehead atoms. The molecule has 5 aromatic carbocycles. The summed E-state index contributed by atoms with van der Waals surface area (Å²) in [5.41, 5.74) is 8.39. The number of Topliss-reactive ketones (excluding diaryl/α,β-unsaturated/α-hetero) is 1. The summed E-state index contributed by atoms with van der Waals surface area (Å²) < 4.78 is 39.6. The van der Waals surface area contributed by atoms with Crippen LogP contribution >= 0.6 is 0 Å². The molecule has 5 aromatic rings. The second kappa shape index (κ2) is 15.4. The van der Waals surface area contributed by atoms with Gasteiger partial charge < -0.3 is 10.0 Å².